The first-order valence-electron chi connectivity index (χ1n) is 4.77. The average Bonchev–Trinajstić information content (AvgIpc) is 2.30. The van der Waals surface area contributed by atoms with E-state index < -0.39 is 0 Å². The Kier molecular flexibility index (Phi) is 3.50. The predicted octanol–water partition coefficient (Wildman–Crippen LogP) is 0.0363. The van der Waals surface area contributed by atoms with E-state index in [1.807, 2.05) is 0 Å². The normalized spacial score (nSPS) is 31.8. The van der Waals surface area contributed by atoms with Crippen molar-refractivity contribution in [2.45, 2.75) is 32.4 Å². The van der Waals surface area contributed by atoms with Crippen LogP contribution < -0.4 is 5.73 Å². The minimum atomic E-state index is -0.200. The van der Waals surface area contributed by atoms with Crippen molar-refractivity contribution in [2.24, 2.45) is 11.7 Å². The van der Waals surface area contributed by atoms with Crippen LogP contribution in [-0.4, -0.2) is 41.8 Å². The molecule has 12 heavy (non-hydrogen) atoms. The Morgan fingerprint density at radius 3 is 2.75 bits per heavy atom. The van der Waals surface area contributed by atoms with Crippen molar-refractivity contribution in [1.29, 1.82) is 0 Å². The third-order valence-electron chi connectivity index (χ3n) is 2.47. The van der Waals surface area contributed by atoms with Crippen molar-refractivity contribution in [3.63, 3.8) is 0 Å². The highest BCUT2D eigenvalue weighted by Crippen LogP contribution is 2.18. The monoisotopic (exact) mass is 172 g/mol. The summed E-state index contributed by atoms with van der Waals surface area (Å²) in [7, 11) is 0. The summed E-state index contributed by atoms with van der Waals surface area (Å²) in [4.78, 5) is 2.30. The second kappa shape index (κ2) is 4.21. The Bertz CT molecular complexity index is 138. The molecule has 0 amide bonds. The molecule has 3 heteroatoms. The molecule has 1 rings (SSSR count). The fraction of sp³-hybridized carbons (Fsp3) is 1.00. The molecule has 2 atom stereocenters. The van der Waals surface area contributed by atoms with Gasteiger partial charge in [-0.2, -0.15) is 0 Å². The third kappa shape index (κ3) is 2.19. The van der Waals surface area contributed by atoms with Crippen molar-refractivity contribution in [3.05, 3.63) is 0 Å². The molecule has 0 bridgehead atoms. The smallest absolute Gasteiger partial charge is 0.0719 e. The number of rotatable bonds is 3. The van der Waals surface area contributed by atoms with Crippen molar-refractivity contribution in [3.8, 4) is 0 Å². The summed E-state index contributed by atoms with van der Waals surface area (Å²) in [6.07, 6.45) is 0.683. The quantitative estimate of drug-likeness (QED) is 0.632. The summed E-state index contributed by atoms with van der Waals surface area (Å²) >= 11 is 0. The van der Waals surface area contributed by atoms with Crippen LogP contribution in [0.4, 0.5) is 0 Å². The molecule has 0 spiro atoms. The van der Waals surface area contributed by atoms with Gasteiger partial charge in [0.2, 0.25) is 0 Å². The molecule has 1 aliphatic heterocycles. The number of likely N-dealkylation sites (tertiary alicyclic amines) is 1. The molecule has 2 unspecified atom stereocenters. The van der Waals surface area contributed by atoms with Crippen LogP contribution in [-0.2, 0) is 0 Å². The summed E-state index contributed by atoms with van der Waals surface area (Å²) in [5.74, 6) is 0.657. The van der Waals surface area contributed by atoms with Crippen molar-refractivity contribution < 1.29 is 5.11 Å². The van der Waals surface area contributed by atoms with Gasteiger partial charge in [0, 0.05) is 25.7 Å². The van der Waals surface area contributed by atoms with E-state index in [2.05, 4.69) is 18.7 Å². The van der Waals surface area contributed by atoms with E-state index in [0.29, 0.717) is 12.5 Å². The molecule has 0 aromatic heterocycles. The lowest BCUT2D eigenvalue weighted by molar-refractivity contribution is 0.114. The zero-order chi connectivity index (χ0) is 9.14. The van der Waals surface area contributed by atoms with E-state index in [9.17, 15) is 5.11 Å². The molecule has 1 saturated heterocycles. The number of nitrogens with two attached hydrogens (primary N) is 1. The van der Waals surface area contributed by atoms with Gasteiger partial charge in [0.25, 0.3) is 0 Å². The molecular formula is C9H20N2O. The van der Waals surface area contributed by atoms with Crippen LogP contribution in [0.3, 0.4) is 0 Å². The topological polar surface area (TPSA) is 49.5 Å². The zero-order valence-corrected chi connectivity index (χ0v) is 8.03. The fourth-order valence-corrected chi connectivity index (χ4v) is 1.90. The van der Waals surface area contributed by atoms with Gasteiger partial charge < -0.3 is 10.8 Å². The highest BCUT2D eigenvalue weighted by atomic mass is 16.3. The molecule has 72 valence electrons. The number of aliphatic hydroxyl groups excluding tert-OH is 1. The summed E-state index contributed by atoms with van der Waals surface area (Å²) in [6, 6.07) is 0.201. The standard InChI is InChI=1S/C9H20N2O/c1-7(2)6-11-4-3-9(12)8(11)5-10/h7-9,12H,3-6,10H2,1-2H3. The lowest BCUT2D eigenvalue weighted by atomic mass is 10.1. The first-order chi connectivity index (χ1) is 5.65. The molecule has 1 heterocycles. The molecule has 0 aromatic carbocycles. The van der Waals surface area contributed by atoms with Gasteiger partial charge in [-0.15, -0.1) is 0 Å². The predicted molar refractivity (Wildman–Crippen MR) is 49.9 cm³/mol. The van der Waals surface area contributed by atoms with Crippen LogP contribution in [0.2, 0.25) is 0 Å². The highest BCUT2D eigenvalue weighted by molar-refractivity contribution is 4.87. The van der Waals surface area contributed by atoms with E-state index in [4.69, 9.17) is 5.73 Å². The largest absolute Gasteiger partial charge is 0.391 e. The zero-order valence-electron chi connectivity index (χ0n) is 8.03. The minimum Gasteiger partial charge on any atom is -0.391 e. The molecule has 0 radical (unpaired) electrons. The van der Waals surface area contributed by atoms with Gasteiger partial charge in [-0.05, 0) is 12.3 Å². The van der Waals surface area contributed by atoms with Crippen LogP contribution in [0.5, 0.6) is 0 Å². The lowest BCUT2D eigenvalue weighted by Gasteiger charge is -2.26. The molecule has 1 aliphatic rings. The molecule has 1 fully saturated rings. The fourth-order valence-electron chi connectivity index (χ4n) is 1.90. The van der Waals surface area contributed by atoms with Crippen molar-refractivity contribution >= 4 is 0 Å². The van der Waals surface area contributed by atoms with Crippen LogP contribution in [0, 0.1) is 5.92 Å². The second-order valence-electron chi connectivity index (χ2n) is 4.05. The van der Waals surface area contributed by atoms with E-state index in [0.717, 1.165) is 19.5 Å². The Balaban J connectivity index is 2.43. The van der Waals surface area contributed by atoms with Gasteiger partial charge in [0.1, 0.15) is 0 Å². The van der Waals surface area contributed by atoms with E-state index >= 15 is 0 Å². The van der Waals surface area contributed by atoms with Crippen LogP contribution in [0.1, 0.15) is 20.3 Å². The minimum absolute atomic E-state index is 0.200. The van der Waals surface area contributed by atoms with E-state index in [1.165, 1.54) is 0 Å². The Morgan fingerprint density at radius 2 is 2.25 bits per heavy atom. The highest BCUT2D eigenvalue weighted by Gasteiger charge is 2.31. The Labute approximate surface area is 74.5 Å². The first kappa shape index (κ1) is 9.96. The van der Waals surface area contributed by atoms with E-state index in [1.54, 1.807) is 0 Å². The molecule has 0 aromatic rings. The molecular weight excluding hydrogens is 152 g/mol. The van der Waals surface area contributed by atoms with Crippen molar-refractivity contribution in [1.82, 2.24) is 4.90 Å². The van der Waals surface area contributed by atoms with Gasteiger partial charge in [0.05, 0.1) is 6.10 Å². The number of hydrogen-bond donors (Lipinski definition) is 2. The summed E-state index contributed by atoms with van der Waals surface area (Å²) in [5.41, 5.74) is 5.59. The van der Waals surface area contributed by atoms with Crippen LogP contribution >= 0.6 is 0 Å². The molecule has 3 nitrogen and oxygen atoms in total. The maximum Gasteiger partial charge on any atom is 0.0719 e. The molecule has 0 saturated carbocycles. The van der Waals surface area contributed by atoms with Gasteiger partial charge in [-0.3, -0.25) is 4.90 Å². The number of aliphatic hydroxyl groups is 1. The molecule has 0 aliphatic carbocycles. The Morgan fingerprint density at radius 1 is 1.58 bits per heavy atom. The van der Waals surface area contributed by atoms with Crippen LogP contribution in [0.25, 0.3) is 0 Å². The van der Waals surface area contributed by atoms with Gasteiger partial charge in [-0.25, -0.2) is 0 Å². The summed E-state index contributed by atoms with van der Waals surface area (Å²) < 4.78 is 0. The van der Waals surface area contributed by atoms with Crippen LogP contribution in [0.15, 0.2) is 0 Å². The SMILES string of the molecule is CC(C)CN1CCC(O)C1CN. The number of hydrogen-bond acceptors (Lipinski definition) is 3. The van der Waals surface area contributed by atoms with Gasteiger partial charge in [-0.1, -0.05) is 13.8 Å². The lowest BCUT2D eigenvalue weighted by Crippen LogP contribution is -2.42. The van der Waals surface area contributed by atoms with Crippen molar-refractivity contribution in [2.75, 3.05) is 19.6 Å². The summed E-state index contributed by atoms with van der Waals surface area (Å²) in [6.45, 7) is 7.02. The van der Waals surface area contributed by atoms with E-state index in [-0.39, 0.29) is 12.1 Å². The summed E-state index contributed by atoms with van der Waals surface area (Å²) in [5, 5.41) is 9.55. The molecule has 3 N–H and O–H groups in total. The second-order valence-corrected chi connectivity index (χ2v) is 4.05. The van der Waals surface area contributed by atoms with Gasteiger partial charge in [0.15, 0.2) is 0 Å². The first-order valence-corrected chi connectivity index (χ1v) is 4.77. The van der Waals surface area contributed by atoms with Gasteiger partial charge >= 0.3 is 0 Å². The maximum atomic E-state index is 9.55. The Hall–Kier alpha value is -0.120. The number of nitrogens with zero attached hydrogens (tertiary/aromatic N) is 1. The average molecular weight is 172 g/mol. The third-order valence-corrected chi connectivity index (χ3v) is 2.47. The maximum absolute atomic E-state index is 9.55.